The van der Waals surface area contributed by atoms with Crippen molar-refractivity contribution in [2.45, 2.75) is 17.7 Å². The number of rotatable bonds is 2. The summed E-state index contributed by atoms with van der Waals surface area (Å²) >= 11 is 6.19. The maximum Gasteiger partial charge on any atom is 0.265 e. The van der Waals surface area contributed by atoms with Crippen LogP contribution < -0.4 is 14.4 Å². The number of ether oxygens (including phenoxy) is 1. The maximum atomic E-state index is 13.5. The Morgan fingerprint density at radius 3 is 2.85 bits per heavy atom. The molecule has 0 bridgehead atoms. The average Bonchev–Trinajstić information content (AvgIpc) is 2.60. The molecule has 0 spiro atoms. The highest BCUT2D eigenvalue weighted by molar-refractivity contribution is 7.93. The Balaban J connectivity index is 1.80. The van der Waals surface area contributed by atoms with Gasteiger partial charge in [0.2, 0.25) is 0 Å². The summed E-state index contributed by atoms with van der Waals surface area (Å²) in [5.74, 6) is -0.501. The molecule has 9 heteroatoms. The molecule has 2 aliphatic heterocycles. The Kier molecular flexibility index (Phi) is 4.04. The summed E-state index contributed by atoms with van der Waals surface area (Å²) in [6.45, 7) is 0.0753. The molecule has 0 aromatic heterocycles. The van der Waals surface area contributed by atoms with Crippen LogP contribution in [0.3, 0.4) is 0 Å². The van der Waals surface area contributed by atoms with Gasteiger partial charge >= 0.3 is 0 Å². The van der Waals surface area contributed by atoms with E-state index in [0.717, 1.165) is 0 Å². The summed E-state index contributed by atoms with van der Waals surface area (Å²) < 4.78 is 46.4. The molecule has 4 rings (SSSR count). The van der Waals surface area contributed by atoms with Gasteiger partial charge in [-0.05, 0) is 42.7 Å². The minimum Gasteiger partial charge on any atom is -0.482 e. The molecule has 1 N–H and O–H groups in total. The molecule has 2 aromatic rings. The largest absolute Gasteiger partial charge is 0.482 e. The molecule has 1 amide bonds. The van der Waals surface area contributed by atoms with Gasteiger partial charge in [0.15, 0.2) is 6.61 Å². The number of nitrogens with zero attached hydrogens (tertiary/aromatic N) is 1. The number of sulfonamides is 1. The molecule has 26 heavy (non-hydrogen) atoms. The monoisotopic (exact) mass is 396 g/mol. The lowest BCUT2D eigenvalue weighted by molar-refractivity contribution is -0.118. The van der Waals surface area contributed by atoms with Crippen LogP contribution in [0.5, 0.6) is 5.75 Å². The molecule has 0 saturated heterocycles. The lowest BCUT2D eigenvalue weighted by Gasteiger charge is -2.31. The van der Waals surface area contributed by atoms with E-state index in [9.17, 15) is 17.6 Å². The predicted octanol–water partition coefficient (Wildman–Crippen LogP) is 2.95. The van der Waals surface area contributed by atoms with Crippen LogP contribution in [0.2, 0.25) is 5.02 Å². The molecule has 136 valence electrons. The summed E-state index contributed by atoms with van der Waals surface area (Å²) in [4.78, 5) is 11.3. The van der Waals surface area contributed by atoms with Gasteiger partial charge in [0.1, 0.15) is 16.5 Å². The third-order valence-corrected chi connectivity index (χ3v) is 6.63. The second kappa shape index (κ2) is 6.14. The predicted molar refractivity (Wildman–Crippen MR) is 94.8 cm³/mol. The van der Waals surface area contributed by atoms with Crippen LogP contribution in [0.1, 0.15) is 12.0 Å². The van der Waals surface area contributed by atoms with E-state index in [1.165, 1.54) is 34.6 Å². The van der Waals surface area contributed by atoms with E-state index in [0.29, 0.717) is 29.8 Å². The Labute approximate surface area is 154 Å². The second-order valence-electron chi connectivity index (χ2n) is 6.07. The zero-order chi connectivity index (χ0) is 18.5. The summed E-state index contributed by atoms with van der Waals surface area (Å²) in [6.07, 6.45) is 1.18. The molecule has 0 fully saturated rings. The number of halogens is 2. The SMILES string of the molecule is O=C1COc2cc(S(=O)(=O)N3CCCc4cc(F)ccc43)c(Cl)cc2N1. The van der Waals surface area contributed by atoms with E-state index in [4.69, 9.17) is 16.3 Å². The van der Waals surface area contributed by atoms with E-state index < -0.39 is 15.8 Å². The lowest BCUT2D eigenvalue weighted by Crippen LogP contribution is -2.36. The van der Waals surface area contributed by atoms with Crippen molar-refractivity contribution in [3.63, 3.8) is 0 Å². The summed E-state index contributed by atoms with van der Waals surface area (Å²) in [5, 5.41) is 2.56. The van der Waals surface area contributed by atoms with Crippen molar-refractivity contribution in [2.24, 2.45) is 0 Å². The first-order valence-corrected chi connectivity index (χ1v) is 9.75. The lowest BCUT2D eigenvalue weighted by atomic mass is 10.0. The van der Waals surface area contributed by atoms with Crippen LogP contribution in [0.15, 0.2) is 35.2 Å². The molecule has 0 atom stereocenters. The van der Waals surface area contributed by atoms with Crippen LogP contribution in [-0.4, -0.2) is 27.5 Å². The average molecular weight is 397 g/mol. The molecule has 0 radical (unpaired) electrons. The number of hydrogen-bond donors (Lipinski definition) is 1. The van der Waals surface area contributed by atoms with Crippen LogP contribution in [0.25, 0.3) is 0 Å². The Morgan fingerprint density at radius 2 is 2.04 bits per heavy atom. The van der Waals surface area contributed by atoms with Crippen LogP contribution in [-0.2, 0) is 21.2 Å². The molecule has 0 aliphatic carbocycles. The molecular weight excluding hydrogens is 383 g/mol. The van der Waals surface area contributed by atoms with E-state index in [1.54, 1.807) is 0 Å². The number of nitrogens with one attached hydrogen (secondary N) is 1. The molecule has 0 unspecified atom stereocenters. The number of carbonyl (C=O) groups excluding carboxylic acids is 1. The number of fused-ring (bicyclic) bond motifs is 2. The first kappa shape index (κ1) is 17.1. The maximum absolute atomic E-state index is 13.5. The summed E-state index contributed by atoms with van der Waals surface area (Å²) in [5.41, 5.74) is 1.41. The van der Waals surface area contributed by atoms with E-state index in [-0.39, 0.29) is 34.7 Å². The van der Waals surface area contributed by atoms with Gasteiger partial charge in [-0.1, -0.05) is 11.6 Å². The Hall–Kier alpha value is -2.32. The van der Waals surface area contributed by atoms with Crippen molar-refractivity contribution in [2.75, 3.05) is 22.8 Å². The van der Waals surface area contributed by atoms with Gasteiger partial charge in [-0.25, -0.2) is 12.8 Å². The van der Waals surface area contributed by atoms with Crippen LogP contribution >= 0.6 is 11.6 Å². The van der Waals surface area contributed by atoms with E-state index in [2.05, 4.69) is 5.32 Å². The minimum atomic E-state index is -3.98. The summed E-state index contributed by atoms with van der Waals surface area (Å²) in [7, 11) is -3.98. The topological polar surface area (TPSA) is 75.7 Å². The summed E-state index contributed by atoms with van der Waals surface area (Å²) in [6, 6.07) is 6.72. The normalized spacial score (nSPS) is 16.4. The van der Waals surface area contributed by atoms with Crippen LogP contribution in [0.4, 0.5) is 15.8 Å². The van der Waals surface area contributed by atoms with Gasteiger partial charge < -0.3 is 10.1 Å². The number of aryl methyl sites for hydroxylation is 1. The van der Waals surface area contributed by atoms with Crippen molar-refractivity contribution < 1.29 is 22.3 Å². The van der Waals surface area contributed by atoms with E-state index in [1.807, 2.05) is 0 Å². The highest BCUT2D eigenvalue weighted by atomic mass is 35.5. The number of amides is 1. The van der Waals surface area contributed by atoms with Crippen molar-refractivity contribution in [1.29, 1.82) is 0 Å². The Morgan fingerprint density at radius 1 is 1.23 bits per heavy atom. The van der Waals surface area contributed by atoms with Gasteiger partial charge in [-0.2, -0.15) is 0 Å². The van der Waals surface area contributed by atoms with Gasteiger partial charge in [0.05, 0.1) is 16.4 Å². The molecule has 2 aliphatic rings. The molecule has 6 nitrogen and oxygen atoms in total. The Bertz CT molecular complexity index is 1030. The number of hydrogen-bond acceptors (Lipinski definition) is 4. The second-order valence-corrected chi connectivity index (χ2v) is 8.31. The highest BCUT2D eigenvalue weighted by Crippen LogP contribution is 2.39. The first-order chi connectivity index (χ1) is 12.4. The van der Waals surface area contributed by atoms with E-state index >= 15 is 0 Å². The molecular formula is C17H14ClFN2O4S. The van der Waals surface area contributed by atoms with Crippen molar-refractivity contribution in [1.82, 2.24) is 0 Å². The number of anilines is 2. The fourth-order valence-electron chi connectivity index (χ4n) is 3.18. The smallest absolute Gasteiger partial charge is 0.265 e. The van der Waals surface area contributed by atoms with Crippen molar-refractivity contribution >= 4 is 38.9 Å². The van der Waals surface area contributed by atoms with Gasteiger partial charge in [0, 0.05) is 12.6 Å². The van der Waals surface area contributed by atoms with Crippen LogP contribution in [0, 0.1) is 5.82 Å². The van der Waals surface area contributed by atoms with Crippen molar-refractivity contribution in [3.8, 4) is 5.75 Å². The van der Waals surface area contributed by atoms with Gasteiger partial charge in [-0.3, -0.25) is 9.10 Å². The fraction of sp³-hybridized carbons (Fsp3) is 0.235. The third-order valence-electron chi connectivity index (χ3n) is 4.35. The molecule has 2 aromatic carbocycles. The molecule has 0 saturated carbocycles. The number of benzene rings is 2. The first-order valence-electron chi connectivity index (χ1n) is 7.93. The number of carbonyl (C=O) groups is 1. The zero-order valence-corrected chi connectivity index (χ0v) is 15.0. The van der Waals surface area contributed by atoms with Gasteiger partial charge in [0.25, 0.3) is 15.9 Å². The van der Waals surface area contributed by atoms with Gasteiger partial charge in [-0.15, -0.1) is 0 Å². The zero-order valence-electron chi connectivity index (χ0n) is 13.5. The van der Waals surface area contributed by atoms with Crippen molar-refractivity contribution in [3.05, 3.63) is 46.7 Å². The third kappa shape index (κ3) is 2.79. The quantitative estimate of drug-likeness (QED) is 0.846. The highest BCUT2D eigenvalue weighted by Gasteiger charge is 2.32. The fourth-order valence-corrected chi connectivity index (χ4v) is 5.24. The minimum absolute atomic E-state index is 0.0243. The molecule has 2 heterocycles. The standard InChI is InChI=1S/C17H14ClFN2O4S/c18-12-7-13-15(25-9-17(22)20-13)8-16(12)26(23,24)21-5-1-2-10-6-11(19)3-4-14(10)21/h3-4,6-8H,1-2,5,9H2,(H,20,22).